The molecule has 6 nitrogen and oxygen atoms in total. The van der Waals surface area contributed by atoms with Crippen LogP contribution in [0, 0.1) is 11.8 Å². The SMILES string of the molecule is CC1CC(C)CN(C(=O)CN2CCN(CC(=O)Nc3cc(Cl)cc(Cl)c3)CC2)C1. The number of amides is 2. The van der Waals surface area contributed by atoms with E-state index in [9.17, 15) is 9.59 Å². The van der Waals surface area contributed by atoms with Gasteiger partial charge in [-0.1, -0.05) is 37.0 Å². The Morgan fingerprint density at radius 2 is 1.45 bits per heavy atom. The van der Waals surface area contributed by atoms with Gasteiger partial charge in [0, 0.05) is 55.0 Å². The first-order valence-electron chi connectivity index (χ1n) is 10.3. The minimum absolute atomic E-state index is 0.0934. The van der Waals surface area contributed by atoms with Crippen molar-refractivity contribution >= 4 is 40.7 Å². The van der Waals surface area contributed by atoms with E-state index in [1.807, 2.05) is 4.90 Å². The predicted molar refractivity (Wildman–Crippen MR) is 117 cm³/mol. The van der Waals surface area contributed by atoms with Crippen LogP contribution in [0.5, 0.6) is 0 Å². The molecule has 2 saturated heterocycles. The molecule has 29 heavy (non-hydrogen) atoms. The van der Waals surface area contributed by atoms with Crippen molar-refractivity contribution in [1.82, 2.24) is 14.7 Å². The lowest BCUT2D eigenvalue weighted by Crippen LogP contribution is -2.52. The van der Waals surface area contributed by atoms with Gasteiger partial charge in [-0.2, -0.15) is 0 Å². The summed E-state index contributed by atoms with van der Waals surface area (Å²) in [7, 11) is 0. The second kappa shape index (κ2) is 10.1. The van der Waals surface area contributed by atoms with Crippen molar-refractivity contribution in [1.29, 1.82) is 0 Å². The summed E-state index contributed by atoms with van der Waals surface area (Å²) in [4.78, 5) is 31.3. The summed E-state index contributed by atoms with van der Waals surface area (Å²) in [5.41, 5.74) is 0.599. The summed E-state index contributed by atoms with van der Waals surface area (Å²) >= 11 is 11.9. The third kappa shape index (κ3) is 6.85. The first kappa shape index (κ1) is 22.3. The molecular weight excluding hydrogens is 411 g/mol. The summed E-state index contributed by atoms with van der Waals surface area (Å²) in [6, 6.07) is 4.98. The summed E-state index contributed by atoms with van der Waals surface area (Å²) in [5.74, 6) is 1.29. The van der Waals surface area contributed by atoms with Gasteiger partial charge in [-0.3, -0.25) is 19.4 Å². The van der Waals surface area contributed by atoms with Crippen LogP contribution in [0.1, 0.15) is 20.3 Å². The number of anilines is 1. The number of benzene rings is 1. The molecule has 1 aromatic carbocycles. The number of hydrogen-bond acceptors (Lipinski definition) is 4. The fraction of sp³-hybridized carbons (Fsp3) is 0.619. The lowest BCUT2D eigenvalue weighted by Gasteiger charge is -2.38. The minimum Gasteiger partial charge on any atom is -0.341 e. The number of nitrogens with one attached hydrogen (secondary N) is 1. The molecule has 2 amide bonds. The van der Waals surface area contributed by atoms with Crippen molar-refractivity contribution in [2.75, 3.05) is 57.7 Å². The van der Waals surface area contributed by atoms with Crippen LogP contribution in [-0.2, 0) is 9.59 Å². The standard InChI is InChI=1S/C21H30Cl2N4O2/c1-15-7-16(2)12-27(11-15)21(29)14-26-5-3-25(4-6-26)13-20(28)24-19-9-17(22)8-18(23)10-19/h8-10,15-16H,3-7,11-14H2,1-2H3,(H,24,28). The largest absolute Gasteiger partial charge is 0.341 e. The zero-order valence-corrected chi connectivity index (χ0v) is 18.7. The first-order chi connectivity index (χ1) is 13.8. The number of likely N-dealkylation sites (tertiary alicyclic amines) is 1. The molecule has 0 radical (unpaired) electrons. The number of piperazine rings is 1. The van der Waals surface area contributed by atoms with Gasteiger partial charge in [0.05, 0.1) is 13.1 Å². The maximum absolute atomic E-state index is 12.7. The second-order valence-electron chi connectivity index (χ2n) is 8.50. The number of rotatable bonds is 5. The van der Waals surface area contributed by atoms with Gasteiger partial charge in [-0.25, -0.2) is 0 Å². The third-order valence-corrected chi connectivity index (χ3v) is 6.00. The van der Waals surface area contributed by atoms with Crippen LogP contribution in [0.15, 0.2) is 18.2 Å². The van der Waals surface area contributed by atoms with Gasteiger partial charge in [-0.05, 0) is 36.5 Å². The quantitative estimate of drug-likeness (QED) is 0.763. The van der Waals surface area contributed by atoms with Crippen LogP contribution in [0.3, 0.4) is 0 Å². The Morgan fingerprint density at radius 3 is 2.00 bits per heavy atom. The van der Waals surface area contributed by atoms with E-state index in [1.165, 1.54) is 6.42 Å². The average molecular weight is 441 g/mol. The molecule has 3 rings (SSSR count). The van der Waals surface area contributed by atoms with E-state index in [0.29, 0.717) is 40.7 Å². The van der Waals surface area contributed by atoms with Gasteiger partial charge < -0.3 is 10.2 Å². The highest BCUT2D eigenvalue weighted by atomic mass is 35.5. The highest BCUT2D eigenvalue weighted by molar-refractivity contribution is 6.35. The fourth-order valence-corrected chi connectivity index (χ4v) is 4.82. The van der Waals surface area contributed by atoms with Gasteiger partial charge in [0.1, 0.15) is 0 Å². The molecule has 160 valence electrons. The Kier molecular flexibility index (Phi) is 7.79. The molecule has 1 aromatic rings. The molecule has 0 spiro atoms. The highest BCUT2D eigenvalue weighted by Gasteiger charge is 2.27. The van der Waals surface area contributed by atoms with Crippen LogP contribution < -0.4 is 5.32 Å². The molecule has 0 aromatic heterocycles. The van der Waals surface area contributed by atoms with Crippen molar-refractivity contribution in [3.63, 3.8) is 0 Å². The van der Waals surface area contributed by atoms with Crippen LogP contribution in [0.4, 0.5) is 5.69 Å². The van der Waals surface area contributed by atoms with Gasteiger partial charge >= 0.3 is 0 Å². The van der Waals surface area contributed by atoms with E-state index in [0.717, 1.165) is 39.3 Å². The molecule has 1 N–H and O–H groups in total. The smallest absolute Gasteiger partial charge is 0.238 e. The summed E-state index contributed by atoms with van der Waals surface area (Å²) in [6.45, 7) is 10.1. The normalized spacial score (nSPS) is 23.8. The van der Waals surface area contributed by atoms with Gasteiger partial charge in [0.25, 0.3) is 0 Å². The Labute approximate surface area is 183 Å². The molecule has 2 aliphatic rings. The van der Waals surface area contributed by atoms with E-state index in [1.54, 1.807) is 18.2 Å². The number of carbonyl (C=O) groups excluding carboxylic acids is 2. The van der Waals surface area contributed by atoms with Crippen molar-refractivity contribution in [2.45, 2.75) is 20.3 Å². The molecule has 2 aliphatic heterocycles. The molecule has 2 atom stereocenters. The van der Waals surface area contributed by atoms with Gasteiger partial charge in [-0.15, -0.1) is 0 Å². The van der Waals surface area contributed by atoms with Crippen molar-refractivity contribution in [3.05, 3.63) is 28.2 Å². The summed E-state index contributed by atoms with van der Waals surface area (Å²) in [6.07, 6.45) is 1.20. The predicted octanol–water partition coefficient (Wildman–Crippen LogP) is 3.05. The molecular formula is C21H30Cl2N4O2. The maximum atomic E-state index is 12.7. The Balaban J connectivity index is 1.41. The summed E-state index contributed by atoms with van der Waals surface area (Å²) < 4.78 is 0. The maximum Gasteiger partial charge on any atom is 0.238 e. The topological polar surface area (TPSA) is 55.9 Å². The first-order valence-corrected chi connectivity index (χ1v) is 11.0. The average Bonchev–Trinajstić information content (AvgIpc) is 2.61. The van der Waals surface area contributed by atoms with Crippen molar-refractivity contribution in [2.24, 2.45) is 11.8 Å². The monoisotopic (exact) mass is 440 g/mol. The number of carbonyl (C=O) groups is 2. The molecule has 2 unspecified atom stereocenters. The zero-order chi connectivity index (χ0) is 21.0. The van der Waals surface area contributed by atoms with Crippen molar-refractivity contribution in [3.8, 4) is 0 Å². The number of nitrogens with zero attached hydrogens (tertiary/aromatic N) is 3. The Bertz CT molecular complexity index is 707. The van der Waals surface area contributed by atoms with E-state index in [4.69, 9.17) is 23.2 Å². The van der Waals surface area contributed by atoms with Crippen LogP contribution in [-0.4, -0.2) is 78.9 Å². The molecule has 8 heteroatoms. The highest BCUT2D eigenvalue weighted by Crippen LogP contribution is 2.23. The molecule has 0 saturated carbocycles. The van der Waals surface area contributed by atoms with Crippen LogP contribution in [0.2, 0.25) is 10.0 Å². The van der Waals surface area contributed by atoms with Crippen LogP contribution >= 0.6 is 23.2 Å². The van der Waals surface area contributed by atoms with Gasteiger partial charge in [0.2, 0.25) is 11.8 Å². The molecule has 0 aliphatic carbocycles. The van der Waals surface area contributed by atoms with Crippen molar-refractivity contribution < 1.29 is 9.59 Å². The Morgan fingerprint density at radius 1 is 0.931 bits per heavy atom. The van der Waals surface area contributed by atoms with E-state index in [-0.39, 0.29) is 11.8 Å². The van der Waals surface area contributed by atoms with E-state index >= 15 is 0 Å². The van der Waals surface area contributed by atoms with Gasteiger partial charge in [0.15, 0.2) is 0 Å². The lowest BCUT2D eigenvalue weighted by atomic mass is 9.92. The third-order valence-electron chi connectivity index (χ3n) is 5.56. The summed E-state index contributed by atoms with van der Waals surface area (Å²) in [5, 5.41) is 3.82. The number of halogens is 2. The van der Waals surface area contributed by atoms with E-state index < -0.39 is 0 Å². The van der Waals surface area contributed by atoms with Crippen LogP contribution in [0.25, 0.3) is 0 Å². The molecule has 2 fully saturated rings. The lowest BCUT2D eigenvalue weighted by molar-refractivity contribution is -0.135. The van der Waals surface area contributed by atoms with E-state index in [2.05, 4.69) is 29.0 Å². The number of hydrogen-bond donors (Lipinski definition) is 1. The zero-order valence-electron chi connectivity index (χ0n) is 17.2. The second-order valence-corrected chi connectivity index (χ2v) is 9.38. The number of piperidine rings is 1. The Hall–Kier alpha value is -1.34. The minimum atomic E-state index is -0.0934. The molecule has 2 heterocycles. The molecule has 0 bridgehead atoms. The fourth-order valence-electron chi connectivity index (χ4n) is 4.29.